The predicted molar refractivity (Wildman–Crippen MR) is 81.0 cm³/mol. The van der Waals surface area contributed by atoms with Gasteiger partial charge in [0.25, 0.3) is 0 Å². The van der Waals surface area contributed by atoms with E-state index in [2.05, 4.69) is 30.8 Å². The predicted octanol–water partition coefficient (Wildman–Crippen LogP) is 2.10. The molecule has 0 aliphatic carbocycles. The Labute approximate surface area is 121 Å². The molecule has 4 heteroatoms. The molecule has 3 nitrogen and oxygen atoms in total. The van der Waals surface area contributed by atoms with Crippen LogP contribution in [0.3, 0.4) is 0 Å². The molecule has 1 saturated heterocycles. The van der Waals surface area contributed by atoms with Crippen LogP contribution in [0.15, 0.2) is 24.3 Å². The Morgan fingerprint density at radius 3 is 2.60 bits per heavy atom. The van der Waals surface area contributed by atoms with Gasteiger partial charge < -0.3 is 15.5 Å². The van der Waals surface area contributed by atoms with Gasteiger partial charge in [0.2, 0.25) is 0 Å². The van der Waals surface area contributed by atoms with Crippen LogP contribution in [0.5, 0.6) is 0 Å². The summed E-state index contributed by atoms with van der Waals surface area (Å²) in [4.78, 5) is 4.71. The van der Waals surface area contributed by atoms with Gasteiger partial charge in [-0.2, -0.15) is 0 Å². The first-order valence-electron chi connectivity index (χ1n) is 7.37. The molecule has 3 atom stereocenters. The number of halogens is 1. The molecule has 112 valence electrons. The standard InChI is InChI=1S/C16H26FN3/c1-12(16(18)14-4-6-15(17)7-5-14)20(3)11-13-8-9-19(2)10-13/h4-7,12-13,16H,8-11,18H2,1-3H3. The van der Waals surface area contributed by atoms with Crippen LogP contribution >= 0.6 is 0 Å². The van der Waals surface area contributed by atoms with Crippen LogP contribution in [-0.4, -0.2) is 49.6 Å². The van der Waals surface area contributed by atoms with Gasteiger partial charge in [0, 0.05) is 25.2 Å². The molecule has 2 N–H and O–H groups in total. The second kappa shape index (κ2) is 6.66. The lowest BCUT2D eigenvalue weighted by Crippen LogP contribution is -2.41. The van der Waals surface area contributed by atoms with E-state index >= 15 is 0 Å². The summed E-state index contributed by atoms with van der Waals surface area (Å²) >= 11 is 0. The number of rotatable bonds is 5. The molecule has 0 amide bonds. The highest BCUT2D eigenvalue weighted by molar-refractivity contribution is 5.20. The molecule has 2 rings (SSSR count). The average Bonchev–Trinajstić information content (AvgIpc) is 2.83. The molecule has 1 aliphatic heterocycles. The van der Waals surface area contributed by atoms with E-state index in [1.807, 2.05) is 0 Å². The van der Waals surface area contributed by atoms with E-state index in [-0.39, 0.29) is 17.9 Å². The molecule has 1 fully saturated rings. The van der Waals surface area contributed by atoms with Crippen molar-refractivity contribution in [3.05, 3.63) is 35.6 Å². The number of benzene rings is 1. The molecule has 0 aromatic heterocycles. The van der Waals surface area contributed by atoms with Crippen LogP contribution < -0.4 is 5.73 Å². The Morgan fingerprint density at radius 2 is 2.05 bits per heavy atom. The highest BCUT2D eigenvalue weighted by Gasteiger charge is 2.25. The third-order valence-electron chi connectivity index (χ3n) is 4.51. The Bertz CT molecular complexity index is 420. The van der Waals surface area contributed by atoms with Gasteiger partial charge >= 0.3 is 0 Å². The Morgan fingerprint density at radius 1 is 1.40 bits per heavy atom. The van der Waals surface area contributed by atoms with Crippen molar-refractivity contribution in [2.24, 2.45) is 11.7 Å². The lowest BCUT2D eigenvalue weighted by molar-refractivity contribution is 0.195. The zero-order valence-electron chi connectivity index (χ0n) is 12.7. The van der Waals surface area contributed by atoms with Crippen LogP contribution in [0, 0.1) is 11.7 Å². The molecule has 20 heavy (non-hydrogen) atoms. The van der Waals surface area contributed by atoms with Gasteiger partial charge in [-0.1, -0.05) is 12.1 Å². The first kappa shape index (κ1) is 15.4. The van der Waals surface area contributed by atoms with E-state index in [0.29, 0.717) is 0 Å². The summed E-state index contributed by atoms with van der Waals surface area (Å²) < 4.78 is 13.0. The summed E-state index contributed by atoms with van der Waals surface area (Å²) in [6, 6.07) is 6.69. The minimum atomic E-state index is -0.212. The van der Waals surface area contributed by atoms with Gasteiger partial charge in [-0.15, -0.1) is 0 Å². The minimum absolute atomic E-state index is 0.0836. The van der Waals surface area contributed by atoms with Crippen molar-refractivity contribution in [1.29, 1.82) is 0 Å². The maximum absolute atomic E-state index is 13.0. The molecule has 0 bridgehead atoms. The number of nitrogens with two attached hydrogens (primary N) is 1. The van der Waals surface area contributed by atoms with Crippen LogP contribution in [0.4, 0.5) is 4.39 Å². The topological polar surface area (TPSA) is 32.5 Å². The van der Waals surface area contributed by atoms with Crippen LogP contribution in [0.2, 0.25) is 0 Å². The van der Waals surface area contributed by atoms with Gasteiger partial charge in [0.05, 0.1) is 0 Å². The first-order valence-corrected chi connectivity index (χ1v) is 7.37. The van der Waals surface area contributed by atoms with Crippen molar-refractivity contribution in [2.45, 2.75) is 25.4 Å². The van der Waals surface area contributed by atoms with Crippen LogP contribution in [0.1, 0.15) is 24.9 Å². The molecule has 0 saturated carbocycles. The molecular weight excluding hydrogens is 253 g/mol. The van der Waals surface area contributed by atoms with Crippen molar-refractivity contribution >= 4 is 0 Å². The van der Waals surface area contributed by atoms with E-state index in [1.54, 1.807) is 12.1 Å². The second-order valence-electron chi connectivity index (χ2n) is 6.17. The first-order chi connectivity index (χ1) is 9.47. The molecule has 0 radical (unpaired) electrons. The molecule has 3 unspecified atom stereocenters. The average molecular weight is 279 g/mol. The van der Waals surface area contributed by atoms with E-state index in [1.165, 1.54) is 31.6 Å². The summed E-state index contributed by atoms with van der Waals surface area (Å²) in [5.41, 5.74) is 7.31. The zero-order valence-corrected chi connectivity index (χ0v) is 12.7. The summed E-state index contributed by atoms with van der Waals surface area (Å²) in [5.74, 6) is 0.517. The SMILES string of the molecule is CC(C(N)c1ccc(F)cc1)N(C)CC1CCN(C)C1. The monoisotopic (exact) mass is 279 g/mol. The summed E-state index contributed by atoms with van der Waals surface area (Å²) in [7, 11) is 4.31. The molecule has 1 heterocycles. The Kier molecular flexibility index (Phi) is 5.13. The fraction of sp³-hybridized carbons (Fsp3) is 0.625. The van der Waals surface area contributed by atoms with Gasteiger partial charge in [-0.25, -0.2) is 4.39 Å². The zero-order chi connectivity index (χ0) is 14.7. The number of nitrogens with zero attached hydrogens (tertiary/aromatic N) is 2. The molecule has 1 aromatic carbocycles. The third kappa shape index (κ3) is 3.78. The quantitative estimate of drug-likeness (QED) is 0.896. The highest BCUT2D eigenvalue weighted by Crippen LogP contribution is 2.21. The smallest absolute Gasteiger partial charge is 0.123 e. The lowest BCUT2D eigenvalue weighted by atomic mass is 9.99. The number of likely N-dealkylation sites (N-methyl/N-ethyl adjacent to an activating group) is 1. The maximum atomic E-state index is 13.0. The largest absolute Gasteiger partial charge is 0.323 e. The van der Waals surface area contributed by atoms with Crippen molar-refractivity contribution < 1.29 is 4.39 Å². The van der Waals surface area contributed by atoms with E-state index in [4.69, 9.17) is 5.73 Å². The van der Waals surface area contributed by atoms with Crippen molar-refractivity contribution in [1.82, 2.24) is 9.80 Å². The minimum Gasteiger partial charge on any atom is -0.323 e. The van der Waals surface area contributed by atoms with Crippen molar-refractivity contribution in [3.8, 4) is 0 Å². The van der Waals surface area contributed by atoms with Gasteiger partial charge in [0.15, 0.2) is 0 Å². The molecule has 1 aromatic rings. The number of hydrogen-bond acceptors (Lipinski definition) is 3. The molecule has 0 spiro atoms. The van der Waals surface area contributed by atoms with Gasteiger partial charge in [-0.05, 0) is 57.6 Å². The third-order valence-corrected chi connectivity index (χ3v) is 4.51. The van der Waals surface area contributed by atoms with E-state index in [0.717, 1.165) is 18.0 Å². The number of hydrogen-bond donors (Lipinski definition) is 1. The summed E-state index contributed by atoms with van der Waals surface area (Å²) in [6.45, 7) is 5.58. The van der Waals surface area contributed by atoms with Crippen LogP contribution in [0.25, 0.3) is 0 Å². The van der Waals surface area contributed by atoms with E-state index in [9.17, 15) is 4.39 Å². The van der Waals surface area contributed by atoms with Crippen molar-refractivity contribution in [2.75, 3.05) is 33.7 Å². The lowest BCUT2D eigenvalue weighted by Gasteiger charge is -2.31. The van der Waals surface area contributed by atoms with Gasteiger partial charge in [0.1, 0.15) is 5.82 Å². The fourth-order valence-electron chi connectivity index (χ4n) is 2.99. The molecular formula is C16H26FN3. The van der Waals surface area contributed by atoms with E-state index < -0.39 is 0 Å². The molecule has 1 aliphatic rings. The van der Waals surface area contributed by atoms with Crippen LogP contribution in [-0.2, 0) is 0 Å². The normalized spacial score (nSPS) is 23.2. The second-order valence-corrected chi connectivity index (χ2v) is 6.17. The Hall–Kier alpha value is -0.970. The van der Waals surface area contributed by atoms with Gasteiger partial charge in [-0.3, -0.25) is 0 Å². The summed E-state index contributed by atoms with van der Waals surface area (Å²) in [5, 5.41) is 0. The maximum Gasteiger partial charge on any atom is 0.123 e. The Balaban J connectivity index is 1.92. The number of likely N-dealkylation sites (tertiary alicyclic amines) is 1. The summed E-state index contributed by atoms with van der Waals surface area (Å²) in [6.07, 6.45) is 1.26. The fourth-order valence-corrected chi connectivity index (χ4v) is 2.99. The van der Waals surface area contributed by atoms with Crippen molar-refractivity contribution in [3.63, 3.8) is 0 Å². The highest BCUT2D eigenvalue weighted by atomic mass is 19.1.